The second-order valence-electron chi connectivity index (χ2n) is 2.23. The third kappa shape index (κ3) is 4.90. The van der Waals surface area contributed by atoms with Gasteiger partial charge in [0.2, 0.25) is 6.20 Å². The predicted molar refractivity (Wildman–Crippen MR) is 48.9 cm³/mol. The number of ketones is 1. The fourth-order valence-electron chi connectivity index (χ4n) is 0.403. The van der Waals surface area contributed by atoms with Gasteiger partial charge in [0, 0.05) is 5.41 Å². The molecule has 1 unspecified atom stereocenters. The maximum absolute atomic E-state index is 10.8. The van der Waals surface area contributed by atoms with Crippen LogP contribution < -0.4 is 0 Å². The summed E-state index contributed by atoms with van der Waals surface area (Å²) >= 11 is 1.40. The average molecular weight is 188 g/mol. The first kappa shape index (κ1) is 11.2. The molecule has 0 aliphatic rings. The van der Waals surface area contributed by atoms with Crippen LogP contribution in [0.2, 0.25) is 0 Å². The third-order valence-corrected chi connectivity index (χ3v) is 1.59. The molecule has 0 spiro atoms. The molecule has 12 heavy (non-hydrogen) atoms. The normalized spacial score (nSPS) is 15.1. The maximum atomic E-state index is 10.8. The average Bonchev–Trinajstić information content (AvgIpc) is 2.00. The van der Waals surface area contributed by atoms with E-state index < -0.39 is 6.04 Å². The fraction of sp³-hybridized carbons (Fsp3) is 0.571. The second-order valence-corrected chi connectivity index (χ2v) is 2.97. The third-order valence-electron chi connectivity index (χ3n) is 1.20. The van der Waals surface area contributed by atoms with Gasteiger partial charge in [0.1, 0.15) is 0 Å². The summed E-state index contributed by atoms with van der Waals surface area (Å²) in [7, 11) is 0. The van der Waals surface area contributed by atoms with Crippen molar-refractivity contribution in [1.29, 1.82) is 0 Å². The zero-order valence-corrected chi connectivity index (χ0v) is 8.17. The van der Waals surface area contributed by atoms with Gasteiger partial charge in [0.25, 0.3) is 0 Å². The summed E-state index contributed by atoms with van der Waals surface area (Å²) in [6.45, 7) is 2.99. The molecule has 0 aromatic heterocycles. The molecule has 0 rings (SSSR count). The molecular formula is C7H12N2O2S. The topological polar surface area (TPSA) is 55.5 Å². The summed E-state index contributed by atoms with van der Waals surface area (Å²) in [5.41, 5.74) is 0. The van der Waals surface area contributed by atoms with Gasteiger partial charge in [-0.15, -0.1) is 11.8 Å². The van der Waals surface area contributed by atoms with E-state index in [1.165, 1.54) is 24.9 Å². The van der Waals surface area contributed by atoms with Gasteiger partial charge in [0.05, 0.1) is 0 Å². The number of Topliss-reactive ketones (excluding diaryl/α,β-unsaturated/α-hetero) is 1. The first-order valence-corrected chi connectivity index (χ1v) is 4.73. The van der Waals surface area contributed by atoms with E-state index in [-0.39, 0.29) is 5.78 Å². The van der Waals surface area contributed by atoms with Crippen molar-refractivity contribution in [1.82, 2.24) is 0 Å². The molecule has 0 heterocycles. The monoisotopic (exact) mass is 188 g/mol. The number of thioether (sulfide) groups is 1. The van der Waals surface area contributed by atoms with Gasteiger partial charge >= 0.3 is 0 Å². The van der Waals surface area contributed by atoms with Crippen LogP contribution in [0.1, 0.15) is 13.8 Å². The van der Waals surface area contributed by atoms with Crippen LogP contribution in [0.15, 0.2) is 16.7 Å². The summed E-state index contributed by atoms with van der Waals surface area (Å²) in [6.07, 6.45) is 3.10. The van der Waals surface area contributed by atoms with Crippen LogP contribution in [0.4, 0.5) is 0 Å². The Kier molecular flexibility index (Phi) is 5.36. The van der Waals surface area contributed by atoms with Crippen molar-refractivity contribution in [3.63, 3.8) is 0 Å². The molecule has 5 heteroatoms. The van der Waals surface area contributed by atoms with Gasteiger partial charge in [-0.3, -0.25) is 4.79 Å². The summed E-state index contributed by atoms with van der Waals surface area (Å²) in [6, 6.07) is -0.561. The molecule has 0 aliphatic carbocycles. The summed E-state index contributed by atoms with van der Waals surface area (Å²) in [4.78, 5) is 11.1. The van der Waals surface area contributed by atoms with E-state index in [1.54, 1.807) is 12.3 Å². The quantitative estimate of drug-likeness (QED) is 0.384. The molecule has 4 nitrogen and oxygen atoms in total. The minimum absolute atomic E-state index is 0.117. The van der Waals surface area contributed by atoms with E-state index in [9.17, 15) is 10.0 Å². The molecule has 1 atom stereocenters. The van der Waals surface area contributed by atoms with Crippen LogP contribution in [-0.4, -0.2) is 22.9 Å². The van der Waals surface area contributed by atoms with Crippen LogP contribution in [0.3, 0.4) is 0 Å². The first-order valence-electron chi connectivity index (χ1n) is 3.45. The Morgan fingerprint density at radius 2 is 2.33 bits per heavy atom. The van der Waals surface area contributed by atoms with Gasteiger partial charge in [0.15, 0.2) is 11.8 Å². The van der Waals surface area contributed by atoms with Crippen LogP contribution in [-0.2, 0) is 4.79 Å². The Balaban J connectivity index is 4.15. The molecule has 0 saturated carbocycles. The van der Waals surface area contributed by atoms with Crippen molar-refractivity contribution >= 4 is 17.5 Å². The molecule has 0 aromatic rings. The fourth-order valence-corrected chi connectivity index (χ4v) is 0.629. The maximum Gasteiger partial charge on any atom is 0.215 e. The van der Waals surface area contributed by atoms with Crippen molar-refractivity contribution in [2.24, 2.45) is 5.11 Å². The molecule has 0 N–H and O–H groups in total. The molecule has 0 aliphatic heterocycles. The van der Waals surface area contributed by atoms with Crippen LogP contribution in [0, 0.1) is 5.21 Å². The second kappa shape index (κ2) is 5.77. The zero-order valence-electron chi connectivity index (χ0n) is 7.35. The lowest BCUT2D eigenvalue weighted by atomic mass is 10.3. The lowest BCUT2D eigenvalue weighted by Crippen LogP contribution is -2.12. The van der Waals surface area contributed by atoms with Crippen LogP contribution in [0.25, 0.3) is 0 Å². The van der Waals surface area contributed by atoms with Crippen molar-refractivity contribution in [2.75, 3.05) is 6.26 Å². The smallest absolute Gasteiger partial charge is 0.215 e. The molecule has 0 amide bonds. The number of hydrogen-bond acceptors (Lipinski definition) is 4. The number of carbonyl (C=O) groups excluding carboxylic acids is 1. The van der Waals surface area contributed by atoms with Crippen LogP contribution >= 0.6 is 11.8 Å². The Morgan fingerprint density at radius 1 is 1.75 bits per heavy atom. The zero-order chi connectivity index (χ0) is 9.56. The lowest BCUT2D eigenvalue weighted by molar-refractivity contribution is -0.460. The van der Waals surface area contributed by atoms with E-state index in [2.05, 4.69) is 5.11 Å². The summed E-state index contributed by atoms with van der Waals surface area (Å²) in [5.74, 6) is -0.117. The molecule has 0 saturated heterocycles. The molecular weight excluding hydrogens is 176 g/mol. The largest absolute Gasteiger partial charge is 0.595 e. The summed E-state index contributed by atoms with van der Waals surface area (Å²) < 4.78 is 0. The predicted octanol–water partition coefficient (Wildman–Crippen LogP) is 1.76. The molecule has 0 aromatic carbocycles. The number of nitrogens with zero attached hydrogens (tertiary/aromatic N) is 2. The highest BCUT2D eigenvalue weighted by Gasteiger charge is 2.08. The Hall–Kier alpha value is -0.840. The SMILES string of the molecule is CS/C=C/[N+]([O-])=NC(C)C(C)=O. The minimum Gasteiger partial charge on any atom is -0.595 e. The van der Waals surface area contributed by atoms with Gasteiger partial charge < -0.3 is 5.21 Å². The first-order chi connectivity index (χ1) is 5.57. The number of carbonyl (C=O) groups is 1. The number of hydroxylamine groups is 1. The lowest BCUT2D eigenvalue weighted by Gasteiger charge is -1.97. The molecule has 0 fully saturated rings. The number of hydrogen-bond donors (Lipinski definition) is 0. The van der Waals surface area contributed by atoms with Crippen molar-refractivity contribution in [2.45, 2.75) is 19.9 Å². The highest BCUT2D eigenvalue weighted by Crippen LogP contribution is 1.96. The van der Waals surface area contributed by atoms with E-state index in [0.717, 1.165) is 0 Å². The van der Waals surface area contributed by atoms with E-state index in [1.807, 2.05) is 6.26 Å². The molecule has 0 radical (unpaired) electrons. The standard InChI is InChI=1S/C7H12N2O2S/c1-6(7(2)10)8-9(11)4-5-12-3/h4-6H,1-3H3/b5-4+,9-8?. The Labute approximate surface area is 75.9 Å². The molecule has 68 valence electrons. The number of rotatable bonds is 4. The van der Waals surface area contributed by atoms with Gasteiger partial charge in [-0.1, -0.05) is 4.86 Å². The van der Waals surface area contributed by atoms with E-state index in [0.29, 0.717) is 4.86 Å². The van der Waals surface area contributed by atoms with Gasteiger partial charge in [-0.05, 0) is 25.2 Å². The highest BCUT2D eigenvalue weighted by molar-refractivity contribution is 8.01. The molecule has 0 bridgehead atoms. The van der Waals surface area contributed by atoms with E-state index >= 15 is 0 Å². The summed E-state index contributed by atoms with van der Waals surface area (Å²) in [5, 5.41) is 16.0. The van der Waals surface area contributed by atoms with Crippen molar-refractivity contribution in [3.8, 4) is 0 Å². The van der Waals surface area contributed by atoms with Gasteiger partial charge in [-0.2, -0.15) is 0 Å². The number of azo groups is 1. The van der Waals surface area contributed by atoms with Crippen molar-refractivity contribution in [3.05, 3.63) is 16.8 Å². The van der Waals surface area contributed by atoms with Gasteiger partial charge in [-0.25, -0.2) is 0 Å². The minimum atomic E-state index is -0.561. The van der Waals surface area contributed by atoms with Crippen molar-refractivity contribution < 1.29 is 9.66 Å². The van der Waals surface area contributed by atoms with E-state index in [4.69, 9.17) is 0 Å². The Morgan fingerprint density at radius 3 is 2.75 bits per heavy atom. The highest BCUT2D eigenvalue weighted by atomic mass is 32.2. The Bertz CT molecular complexity index is 213. The van der Waals surface area contributed by atoms with Crippen LogP contribution in [0.5, 0.6) is 0 Å².